The van der Waals surface area contributed by atoms with Crippen molar-refractivity contribution < 1.29 is 18.6 Å². The summed E-state index contributed by atoms with van der Waals surface area (Å²) in [4.78, 5) is 0.197. The lowest BCUT2D eigenvalue weighted by atomic mass is 10.1. The summed E-state index contributed by atoms with van der Waals surface area (Å²) in [5, 5.41) is 20.6. The minimum atomic E-state index is -3.30. The molecule has 91 valence electrons. The van der Waals surface area contributed by atoms with E-state index in [1.54, 1.807) is 25.5 Å². The Morgan fingerprint density at radius 2 is 2.06 bits per heavy atom. The van der Waals surface area contributed by atoms with E-state index in [4.69, 9.17) is 10.2 Å². The number of hydrogen-bond acceptors (Lipinski definition) is 5. The van der Waals surface area contributed by atoms with Crippen molar-refractivity contribution in [3.8, 4) is 0 Å². The lowest BCUT2D eigenvalue weighted by molar-refractivity contribution is -0.0601. The van der Waals surface area contributed by atoms with Crippen LogP contribution in [0.4, 0.5) is 0 Å². The molecule has 0 aromatic carbocycles. The Kier molecular flexibility index (Phi) is 4.12. The van der Waals surface area contributed by atoms with E-state index in [1.165, 1.54) is 0 Å². The van der Waals surface area contributed by atoms with Crippen LogP contribution >= 0.6 is 0 Å². The van der Waals surface area contributed by atoms with E-state index in [1.807, 2.05) is 0 Å². The van der Waals surface area contributed by atoms with E-state index in [9.17, 15) is 8.42 Å². The van der Waals surface area contributed by atoms with Crippen molar-refractivity contribution in [3.63, 3.8) is 0 Å². The van der Waals surface area contributed by atoms with Gasteiger partial charge in [-0.15, -0.1) is 0 Å². The van der Waals surface area contributed by atoms with Crippen molar-refractivity contribution >= 4 is 9.84 Å². The second-order valence-corrected chi connectivity index (χ2v) is 5.72. The van der Waals surface area contributed by atoms with Crippen LogP contribution in [0.15, 0.2) is 22.8 Å². The molecule has 1 aliphatic carbocycles. The molecule has 0 bridgehead atoms. The third kappa shape index (κ3) is 3.33. The van der Waals surface area contributed by atoms with Crippen LogP contribution in [-0.4, -0.2) is 37.2 Å². The topological polar surface area (TPSA) is 86.6 Å². The Hall–Kier alpha value is -0.850. The number of aliphatic hydroxyl groups is 2. The van der Waals surface area contributed by atoms with Gasteiger partial charge in [-0.3, -0.25) is 0 Å². The van der Waals surface area contributed by atoms with E-state index >= 15 is 0 Å². The number of hydrogen-bond donors (Lipinski definition) is 3. The van der Waals surface area contributed by atoms with E-state index in [2.05, 4.69) is 5.32 Å². The van der Waals surface area contributed by atoms with Crippen LogP contribution in [0.3, 0.4) is 0 Å². The van der Waals surface area contributed by atoms with Gasteiger partial charge < -0.3 is 15.5 Å². The second-order valence-electron chi connectivity index (χ2n) is 3.74. The Morgan fingerprint density at radius 1 is 1.44 bits per heavy atom. The van der Waals surface area contributed by atoms with Gasteiger partial charge in [-0.25, -0.2) is 8.42 Å². The smallest absolute Gasteiger partial charge is 0.177 e. The largest absolute Gasteiger partial charge is 0.377 e. The van der Waals surface area contributed by atoms with Gasteiger partial charge in [0.2, 0.25) is 0 Å². The molecule has 0 saturated heterocycles. The SMILES string of the molecule is CC(NC1=C[CH]CC=C1S(C)(=O)=O)C(O)O. The molecule has 0 aliphatic heterocycles. The molecular formula is C10H16NO4S. The molecule has 0 fully saturated rings. The molecule has 1 aliphatic rings. The summed E-state index contributed by atoms with van der Waals surface area (Å²) in [5.41, 5.74) is 0.398. The summed E-state index contributed by atoms with van der Waals surface area (Å²) in [5.74, 6) is 0. The van der Waals surface area contributed by atoms with Gasteiger partial charge in [0.1, 0.15) is 0 Å². The van der Waals surface area contributed by atoms with Gasteiger partial charge in [0, 0.05) is 12.0 Å². The van der Waals surface area contributed by atoms with Crippen LogP contribution in [0, 0.1) is 6.42 Å². The van der Waals surface area contributed by atoms with Crippen molar-refractivity contribution in [2.75, 3.05) is 6.26 Å². The number of sulfone groups is 1. The van der Waals surface area contributed by atoms with Crippen LogP contribution in [-0.2, 0) is 9.84 Å². The van der Waals surface area contributed by atoms with E-state index in [0.717, 1.165) is 6.26 Å². The van der Waals surface area contributed by atoms with Gasteiger partial charge in [0.05, 0.1) is 10.9 Å². The highest BCUT2D eigenvalue weighted by molar-refractivity contribution is 7.94. The molecule has 0 saturated carbocycles. The number of rotatable bonds is 4. The molecule has 0 amide bonds. The molecule has 0 aromatic heterocycles. The van der Waals surface area contributed by atoms with Gasteiger partial charge in [-0.2, -0.15) is 0 Å². The maximum absolute atomic E-state index is 11.5. The molecule has 1 atom stereocenters. The maximum Gasteiger partial charge on any atom is 0.177 e. The normalized spacial score (nSPS) is 19.1. The molecule has 6 heteroatoms. The Bertz CT molecular complexity index is 409. The zero-order valence-electron chi connectivity index (χ0n) is 9.21. The predicted molar refractivity (Wildman–Crippen MR) is 60.8 cm³/mol. The van der Waals surface area contributed by atoms with Crippen molar-refractivity contribution in [2.24, 2.45) is 0 Å². The molecule has 0 spiro atoms. The van der Waals surface area contributed by atoms with Crippen LogP contribution in [0.5, 0.6) is 0 Å². The van der Waals surface area contributed by atoms with Gasteiger partial charge in [0.25, 0.3) is 0 Å². The lowest BCUT2D eigenvalue weighted by Gasteiger charge is -2.22. The molecule has 1 radical (unpaired) electrons. The fourth-order valence-corrected chi connectivity index (χ4v) is 2.27. The Labute approximate surface area is 95.4 Å². The number of aliphatic hydroxyl groups excluding tert-OH is 1. The van der Waals surface area contributed by atoms with Crippen LogP contribution < -0.4 is 5.32 Å². The Morgan fingerprint density at radius 3 is 2.56 bits per heavy atom. The van der Waals surface area contributed by atoms with E-state index < -0.39 is 22.2 Å². The predicted octanol–water partition coefficient (Wildman–Crippen LogP) is -0.304. The summed E-state index contributed by atoms with van der Waals surface area (Å²) in [6.07, 6.45) is 5.17. The molecule has 5 nitrogen and oxygen atoms in total. The molecule has 1 unspecified atom stereocenters. The molecule has 3 N–H and O–H groups in total. The van der Waals surface area contributed by atoms with Gasteiger partial charge in [-0.05, 0) is 19.8 Å². The van der Waals surface area contributed by atoms with Gasteiger partial charge in [-0.1, -0.05) is 12.2 Å². The Balaban J connectivity index is 2.87. The molecule has 1 rings (SSSR count). The monoisotopic (exact) mass is 246 g/mol. The summed E-state index contributed by atoms with van der Waals surface area (Å²) in [6.45, 7) is 1.56. The van der Waals surface area contributed by atoms with Crippen molar-refractivity contribution in [1.29, 1.82) is 0 Å². The zero-order valence-corrected chi connectivity index (χ0v) is 10.0. The first-order chi connectivity index (χ1) is 7.32. The molecular weight excluding hydrogens is 230 g/mol. The van der Waals surface area contributed by atoms with Crippen LogP contribution in [0.25, 0.3) is 0 Å². The fraction of sp³-hybridized carbons (Fsp3) is 0.500. The number of allylic oxidation sites excluding steroid dienone is 2. The number of nitrogens with one attached hydrogen (secondary N) is 1. The van der Waals surface area contributed by atoms with Gasteiger partial charge in [0.15, 0.2) is 16.1 Å². The molecule has 0 heterocycles. The van der Waals surface area contributed by atoms with Crippen LogP contribution in [0.1, 0.15) is 13.3 Å². The first kappa shape index (κ1) is 13.2. The first-order valence-corrected chi connectivity index (χ1v) is 6.78. The van der Waals surface area contributed by atoms with E-state index in [0.29, 0.717) is 12.1 Å². The standard InChI is InChI=1S/C10H16NO4S/c1-7(10(12)13)11-8-5-3-4-6-9(8)16(2,14)15/h3,5-7,10-13H,4H2,1-2H3. The first-order valence-electron chi connectivity index (χ1n) is 4.89. The lowest BCUT2D eigenvalue weighted by Crippen LogP contribution is -2.38. The fourth-order valence-electron chi connectivity index (χ4n) is 1.34. The van der Waals surface area contributed by atoms with E-state index in [-0.39, 0.29) is 4.91 Å². The van der Waals surface area contributed by atoms with Gasteiger partial charge >= 0.3 is 0 Å². The summed E-state index contributed by atoms with van der Waals surface area (Å²) < 4.78 is 22.9. The third-order valence-electron chi connectivity index (χ3n) is 2.22. The maximum atomic E-state index is 11.5. The summed E-state index contributed by atoms with van der Waals surface area (Å²) in [6, 6.07) is -0.636. The highest BCUT2D eigenvalue weighted by Gasteiger charge is 2.21. The minimum absolute atomic E-state index is 0.197. The van der Waals surface area contributed by atoms with Crippen LogP contribution in [0.2, 0.25) is 0 Å². The quantitative estimate of drug-likeness (QED) is 0.593. The average molecular weight is 246 g/mol. The zero-order chi connectivity index (χ0) is 12.3. The van der Waals surface area contributed by atoms with Crippen molar-refractivity contribution in [1.82, 2.24) is 5.32 Å². The highest BCUT2D eigenvalue weighted by atomic mass is 32.2. The summed E-state index contributed by atoms with van der Waals surface area (Å²) >= 11 is 0. The molecule has 0 aromatic rings. The van der Waals surface area contributed by atoms with Crippen molar-refractivity contribution in [2.45, 2.75) is 25.7 Å². The van der Waals surface area contributed by atoms with Crippen molar-refractivity contribution in [3.05, 3.63) is 29.2 Å². The second kappa shape index (κ2) is 4.99. The average Bonchev–Trinajstić information content (AvgIpc) is 2.16. The summed E-state index contributed by atoms with van der Waals surface area (Å²) in [7, 11) is -3.30. The molecule has 16 heavy (non-hydrogen) atoms. The minimum Gasteiger partial charge on any atom is -0.377 e. The third-order valence-corrected chi connectivity index (χ3v) is 3.40. The highest BCUT2D eigenvalue weighted by Crippen LogP contribution is 2.21.